The second-order valence-corrected chi connectivity index (χ2v) is 4.37. The number of carbonyl (C=O) groups is 1. The summed E-state index contributed by atoms with van der Waals surface area (Å²) in [5.41, 5.74) is 1.15. The van der Waals surface area contributed by atoms with Crippen LogP contribution in [0.3, 0.4) is 0 Å². The van der Waals surface area contributed by atoms with Gasteiger partial charge in [0.15, 0.2) is 0 Å². The molecule has 2 rings (SSSR count). The van der Waals surface area contributed by atoms with Crippen LogP contribution in [0, 0.1) is 0 Å². The van der Waals surface area contributed by atoms with Crippen molar-refractivity contribution in [2.24, 2.45) is 0 Å². The summed E-state index contributed by atoms with van der Waals surface area (Å²) < 4.78 is 0. The quantitative estimate of drug-likeness (QED) is 0.816. The van der Waals surface area contributed by atoms with Crippen LogP contribution < -0.4 is 0 Å². The molecule has 0 aliphatic heterocycles. The van der Waals surface area contributed by atoms with E-state index in [9.17, 15) is 4.79 Å². The van der Waals surface area contributed by atoms with Crippen LogP contribution in [-0.2, 0) is 4.79 Å². The van der Waals surface area contributed by atoms with Crippen molar-refractivity contribution in [1.29, 1.82) is 0 Å². The van der Waals surface area contributed by atoms with Gasteiger partial charge in [0, 0.05) is 12.6 Å². The van der Waals surface area contributed by atoms with E-state index in [1.54, 1.807) is 0 Å². The van der Waals surface area contributed by atoms with Crippen molar-refractivity contribution in [3.63, 3.8) is 0 Å². The van der Waals surface area contributed by atoms with Crippen LogP contribution >= 0.6 is 0 Å². The Bertz CT molecular complexity index is 396. The lowest BCUT2D eigenvalue weighted by atomic mass is 10.2. The van der Waals surface area contributed by atoms with E-state index < -0.39 is 5.97 Å². The zero-order chi connectivity index (χ0) is 12.1. The van der Waals surface area contributed by atoms with Gasteiger partial charge in [0.2, 0.25) is 0 Å². The normalized spacial score (nSPS) is 15.6. The van der Waals surface area contributed by atoms with E-state index in [4.69, 9.17) is 5.11 Å². The average Bonchev–Trinajstić information content (AvgIpc) is 3.12. The van der Waals surface area contributed by atoms with Gasteiger partial charge in [-0.05, 0) is 18.4 Å². The van der Waals surface area contributed by atoms with Crippen LogP contribution in [-0.4, -0.2) is 35.1 Å². The molecule has 0 saturated heterocycles. The Morgan fingerprint density at radius 1 is 1.35 bits per heavy atom. The number of hydrogen-bond acceptors (Lipinski definition) is 2. The summed E-state index contributed by atoms with van der Waals surface area (Å²) in [4.78, 5) is 12.7. The average molecular weight is 231 g/mol. The number of benzene rings is 1. The lowest BCUT2D eigenvalue weighted by Crippen LogP contribution is -2.31. The first-order valence-electron chi connectivity index (χ1n) is 5.93. The van der Waals surface area contributed by atoms with Crippen molar-refractivity contribution in [1.82, 2.24) is 4.90 Å². The molecule has 0 atom stereocenters. The molecule has 1 fully saturated rings. The third kappa shape index (κ3) is 4.04. The minimum atomic E-state index is -0.745. The van der Waals surface area contributed by atoms with Gasteiger partial charge in [0.05, 0.1) is 6.54 Å². The van der Waals surface area contributed by atoms with Crippen LogP contribution in [0.2, 0.25) is 0 Å². The summed E-state index contributed by atoms with van der Waals surface area (Å²) in [6.07, 6.45) is 6.34. The first-order chi connectivity index (χ1) is 8.25. The van der Waals surface area contributed by atoms with Gasteiger partial charge >= 0.3 is 5.97 Å². The summed E-state index contributed by atoms with van der Waals surface area (Å²) in [7, 11) is 0. The Hall–Kier alpha value is -1.61. The Balaban J connectivity index is 1.86. The second-order valence-electron chi connectivity index (χ2n) is 4.37. The van der Waals surface area contributed by atoms with Crippen molar-refractivity contribution in [2.75, 3.05) is 13.1 Å². The molecule has 17 heavy (non-hydrogen) atoms. The zero-order valence-electron chi connectivity index (χ0n) is 9.75. The molecular formula is C14H17NO2. The number of hydrogen-bond donors (Lipinski definition) is 1. The molecule has 1 aromatic rings. The van der Waals surface area contributed by atoms with Gasteiger partial charge in [-0.25, -0.2) is 0 Å². The summed E-state index contributed by atoms with van der Waals surface area (Å²) in [5, 5.41) is 8.81. The molecule has 0 unspecified atom stereocenters. The molecule has 1 aromatic carbocycles. The van der Waals surface area contributed by atoms with Crippen molar-refractivity contribution in [3.05, 3.63) is 42.0 Å². The Labute approximate surface area is 101 Å². The van der Waals surface area contributed by atoms with Gasteiger partial charge in [0.1, 0.15) is 0 Å². The highest BCUT2D eigenvalue weighted by atomic mass is 16.4. The highest BCUT2D eigenvalue weighted by molar-refractivity contribution is 5.69. The second kappa shape index (κ2) is 5.64. The minimum Gasteiger partial charge on any atom is -0.480 e. The van der Waals surface area contributed by atoms with Crippen molar-refractivity contribution < 1.29 is 9.90 Å². The van der Waals surface area contributed by atoms with E-state index in [0.717, 1.165) is 18.4 Å². The molecule has 0 heterocycles. The molecule has 3 heteroatoms. The highest BCUT2D eigenvalue weighted by Crippen LogP contribution is 2.26. The standard InChI is InChI=1S/C14H17NO2/c16-14(17)11-15(13-8-9-13)10-4-7-12-5-2-1-3-6-12/h1-7,13H,8-11H2,(H,16,17). The van der Waals surface area contributed by atoms with E-state index in [-0.39, 0.29) is 6.54 Å². The lowest BCUT2D eigenvalue weighted by Gasteiger charge is -2.16. The number of nitrogens with zero attached hydrogens (tertiary/aromatic N) is 1. The van der Waals surface area contributed by atoms with Crippen LogP contribution in [0.15, 0.2) is 36.4 Å². The summed E-state index contributed by atoms with van der Waals surface area (Å²) in [5.74, 6) is -0.745. The predicted molar refractivity (Wildman–Crippen MR) is 67.7 cm³/mol. The Morgan fingerprint density at radius 2 is 2.06 bits per heavy atom. The summed E-state index contributed by atoms with van der Waals surface area (Å²) >= 11 is 0. The smallest absolute Gasteiger partial charge is 0.317 e. The van der Waals surface area contributed by atoms with Crippen LogP contribution in [0.25, 0.3) is 6.08 Å². The number of rotatable bonds is 6. The van der Waals surface area contributed by atoms with Gasteiger partial charge in [-0.1, -0.05) is 42.5 Å². The lowest BCUT2D eigenvalue weighted by molar-refractivity contribution is -0.138. The maximum absolute atomic E-state index is 10.7. The van der Waals surface area contributed by atoms with Crippen LogP contribution in [0.1, 0.15) is 18.4 Å². The summed E-state index contributed by atoms with van der Waals surface area (Å²) in [6.45, 7) is 0.857. The maximum atomic E-state index is 10.7. The SMILES string of the molecule is O=C(O)CN(CC=Cc1ccccc1)C1CC1. The van der Waals surface area contributed by atoms with E-state index in [1.807, 2.05) is 47.4 Å². The van der Waals surface area contributed by atoms with E-state index in [0.29, 0.717) is 12.6 Å². The molecule has 1 N–H and O–H groups in total. The topological polar surface area (TPSA) is 40.5 Å². The molecule has 0 bridgehead atoms. The van der Waals surface area contributed by atoms with E-state index >= 15 is 0 Å². The molecule has 1 saturated carbocycles. The molecule has 1 aliphatic rings. The molecule has 90 valence electrons. The fourth-order valence-corrected chi connectivity index (χ4v) is 1.84. The third-order valence-electron chi connectivity index (χ3n) is 2.85. The number of aliphatic carboxylic acids is 1. The molecule has 0 aromatic heterocycles. The molecular weight excluding hydrogens is 214 g/mol. The Kier molecular flexibility index (Phi) is 3.94. The van der Waals surface area contributed by atoms with Gasteiger partial charge in [-0.2, -0.15) is 0 Å². The van der Waals surface area contributed by atoms with Gasteiger partial charge in [-0.3, -0.25) is 9.69 Å². The highest BCUT2D eigenvalue weighted by Gasteiger charge is 2.29. The third-order valence-corrected chi connectivity index (χ3v) is 2.85. The monoisotopic (exact) mass is 231 g/mol. The molecule has 0 spiro atoms. The minimum absolute atomic E-state index is 0.143. The fourth-order valence-electron chi connectivity index (χ4n) is 1.84. The number of carboxylic acids is 1. The van der Waals surface area contributed by atoms with Crippen LogP contribution in [0.4, 0.5) is 0 Å². The zero-order valence-corrected chi connectivity index (χ0v) is 9.75. The first-order valence-corrected chi connectivity index (χ1v) is 5.93. The Morgan fingerprint density at radius 3 is 2.65 bits per heavy atom. The molecule has 1 aliphatic carbocycles. The van der Waals surface area contributed by atoms with E-state index in [2.05, 4.69) is 0 Å². The molecule has 0 radical (unpaired) electrons. The van der Waals surface area contributed by atoms with Crippen LogP contribution in [0.5, 0.6) is 0 Å². The first kappa shape index (κ1) is 11.9. The van der Waals surface area contributed by atoms with Crippen molar-refractivity contribution in [3.8, 4) is 0 Å². The largest absolute Gasteiger partial charge is 0.480 e. The van der Waals surface area contributed by atoms with Gasteiger partial charge < -0.3 is 5.11 Å². The summed E-state index contributed by atoms with van der Waals surface area (Å²) in [6, 6.07) is 10.5. The maximum Gasteiger partial charge on any atom is 0.317 e. The van der Waals surface area contributed by atoms with Gasteiger partial charge in [-0.15, -0.1) is 0 Å². The predicted octanol–water partition coefficient (Wildman–Crippen LogP) is 2.25. The van der Waals surface area contributed by atoms with E-state index in [1.165, 1.54) is 0 Å². The molecule has 0 amide bonds. The molecule has 3 nitrogen and oxygen atoms in total. The number of carboxylic acid groups (broad SMARTS) is 1. The van der Waals surface area contributed by atoms with Crippen molar-refractivity contribution >= 4 is 12.0 Å². The van der Waals surface area contributed by atoms with Crippen molar-refractivity contribution in [2.45, 2.75) is 18.9 Å². The van der Waals surface area contributed by atoms with Gasteiger partial charge in [0.25, 0.3) is 0 Å². The fraction of sp³-hybridized carbons (Fsp3) is 0.357.